The number of hydrogen-bond acceptors (Lipinski definition) is 6. The zero-order valence-electron chi connectivity index (χ0n) is 12.4. The molecular weight excluding hydrogens is 337 g/mol. The number of benzene rings is 1. The Kier molecular flexibility index (Phi) is 5.05. The van der Waals surface area contributed by atoms with Crippen LogP contribution < -0.4 is 16.4 Å². The maximum atomic E-state index is 6.14. The molecule has 2 aromatic rings. The molecule has 122 valence electrons. The van der Waals surface area contributed by atoms with Crippen LogP contribution in [0.5, 0.6) is 0 Å². The van der Waals surface area contributed by atoms with Crippen molar-refractivity contribution in [1.29, 1.82) is 0 Å². The van der Waals surface area contributed by atoms with Crippen molar-refractivity contribution in [3.8, 4) is 0 Å². The van der Waals surface area contributed by atoms with Crippen LogP contribution in [0, 0.1) is 0 Å². The highest BCUT2D eigenvalue weighted by Gasteiger charge is 2.16. The molecular formula is C15H17Cl2N5O. The van der Waals surface area contributed by atoms with Gasteiger partial charge in [0, 0.05) is 28.9 Å². The van der Waals surface area contributed by atoms with Gasteiger partial charge in [0.05, 0.1) is 6.10 Å². The number of halogens is 2. The van der Waals surface area contributed by atoms with Crippen LogP contribution in [0.2, 0.25) is 10.0 Å². The lowest BCUT2D eigenvalue weighted by Crippen LogP contribution is -2.20. The Balaban J connectivity index is 1.73. The lowest BCUT2D eigenvalue weighted by atomic mass is 10.2. The number of nitrogens with zero attached hydrogens (tertiary/aromatic N) is 2. The van der Waals surface area contributed by atoms with Gasteiger partial charge in [-0.05, 0) is 31.0 Å². The van der Waals surface area contributed by atoms with Gasteiger partial charge in [-0.1, -0.05) is 23.2 Å². The number of hydrogen-bond donors (Lipinski definition) is 3. The first-order valence-electron chi connectivity index (χ1n) is 7.31. The average Bonchev–Trinajstić information content (AvgIpc) is 3.00. The van der Waals surface area contributed by atoms with Gasteiger partial charge < -0.3 is 21.1 Å². The SMILES string of the molecule is Nc1c(NCC2CCCO2)ncnc1Nc1cc(Cl)cc(Cl)c1. The minimum absolute atomic E-state index is 0.201. The van der Waals surface area contributed by atoms with E-state index in [9.17, 15) is 0 Å². The van der Waals surface area contributed by atoms with E-state index in [1.807, 2.05) is 0 Å². The van der Waals surface area contributed by atoms with E-state index in [-0.39, 0.29) is 6.10 Å². The Morgan fingerprint density at radius 1 is 1.17 bits per heavy atom. The predicted octanol–water partition coefficient (Wildman–Crippen LogP) is 3.70. The molecule has 3 rings (SSSR count). The lowest BCUT2D eigenvalue weighted by molar-refractivity contribution is 0.120. The van der Waals surface area contributed by atoms with Crippen LogP contribution in [0.25, 0.3) is 0 Å². The molecule has 0 spiro atoms. The number of nitrogens with one attached hydrogen (secondary N) is 2. The van der Waals surface area contributed by atoms with Crippen LogP contribution in [0.4, 0.5) is 23.0 Å². The molecule has 1 aliphatic heterocycles. The second-order valence-electron chi connectivity index (χ2n) is 5.28. The summed E-state index contributed by atoms with van der Waals surface area (Å²) >= 11 is 12.0. The van der Waals surface area contributed by atoms with Crippen molar-refractivity contribution in [2.75, 3.05) is 29.5 Å². The van der Waals surface area contributed by atoms with Crippen LogP contribution in [0.3, 0.4) is 0 Å². The molecule has 1 saturated heterocycles. The zero-order valence-corrected chi connectivity index (χ0v) is 13.9. The molecule has 1 atom stereocenters. The van der Waals surface area contributed by atoms with Crippen LogP contribution in [0.1, 0.15) is 12.8 Å². The van der Waals surface area contributed by atoms with Gasteiger partial charge in [-0.2, -0.15) is 0 Å². The minimum Gasteiger partial charge on any atom is -0.393 e. The van der Waals surface area contributed by atoms with Crippen LogP contribution in [-0.4, -0.2) is 29.2 Å². The van der Waals surface area contributed by atoms with E-state index in [1.165, 1.54) is 6.33 Å². The molecule has 1 fully saturated rings. The minimum atomic E-state index is 0.201. The van der Waals surface area contributed by atoms with Crippen LogP contribution >= 0.6 is 23.2 Å². The largest absolute Gasteiger partial charge is 0.393 e. The molecule has 1 unspecified atom stereocenters. The van der Waals surface area contributed by atoms with Crippen molar-refractivity contribution in [3.05, 3.63) is 34.6 Å². The van der Waals surface area contributed by atoms with Crippen molar-refractivity contribution in [1.82, 2.24) is 9.97 Å². The summed E-state index contributed by atoms with van der Waals surface area (Å²) in [6.45, 7) is 1.48. The fraction of sp³-hybridized carbons (Fsp3) is 0.333. The second-order valence-corrected chi connectivity index (χ2v) is 6.16. The summed E-state index contributed by atoms with van der Waals surface area (Å²) in [5.74, 6) is 1.07. The summed E-state index contributed by atoms with van der Waals surface area (Å²) in [5, 5.41) is 7.38. The molecule has 1 aromatic carbocycles. The smallest absolute Gasteiger partial charge is 0.159 e. The van der Waals surface area contributed by atoms with Crippen LogP contribution in [-0.2, 0) is 4.74 Å². The molecule has 0 radical (unpaired) electrons. The quantitative estimate of drug-likeness (QED) is 0.759. The first-order chi connectivity index (χ1) is 11.1. The standard InChI is InChI=1S/C15H17Cl2N5O/c16-9-4-10(17)6-11(5-9)22-15-13(18)14(20-8-21-15)19-7-12-2-1-3-23-12/h4-6,8,12H,1-3,7,18H2,(H2,19,20,21,22). The highest BCUT2D eigenvalue weighted by molar-refractivity contribution is 6.35. The number of nitrogen functional groups attached to an aromatic ring is 1. The number of aromatic nitrogens is 2. The maximum Gasteiger partial charge on any atom is 0.159 e. The van der Waals surface area contributed by atoms with Crippen molar-refractivity contribution in [3.63, 3.8) is 0 Å². The highest BCUT2D eigenvalue weighted by atomic mass is 35.5. The Bertz CT molecular complexity index is 671. The molecule has 0 saturated carbocycles. The van der Waals surface area contributed by atoms with E-state index in [1.54, 1.807) is 18.2 Å². The fourth-order valence-corrected chi connectivity index (χ4v) is 2.94. The summed E-state index contributed by atoms with van der Waals surface area (Å²) < 4.78 is 5.58. The van der Waals surface area contributed by atoms with E-state index >= 15 is 0 Å². The van der Waals surface area contributed by atoms with Crippen molar-refractivity contribution >= 4 is 46.2 Å². The van der Waals surface area contributed by atoms with Crippen molar-refractivity contribution in [2.24, 2.45) is 0 Å². The van der Waals surface area contributed by atoms with E-state index in [4.69, 9.17) is 33.7 Å². The molecule has 1 aromatic heterocycles. The molecule has 2 heterocycles. The summed E-state index contributed by atoms with van der Waals surface area (Å²) in [5.41, 5.74) is 7.27. The molecule has 0 amide bonds. The van der Waals surface area contributed by atoms with E-state index in [2.05, 4.69) is 20.6 Å². The third kappa shape index (κ3) is 4.16. The van der Waals surface area contributed by atoms with Gasteiger partial charge in [0.1, 0.15) is 12.0 Å². The summed E-state index contributed by atoms with van der Waals surface area (Å²) in [6, 6.07) is 5.15. The molecule has 6 nitrogen and oxygen atoms in total. The van der Waals surface area contributed by atoms with Gasteiger partial charge in [-0.25, -0.2) is 9.97 Å². The molecule has 1 aliphatic rings. The van der Waals surface area contributed by atoms with Gasteiger partial charge in [-0.15, -0.1) is 0 Å². The number of anilines is 4. The van der Waals surface area contributed by atoms with Crippen molar-refractivity contribution in [2.45, 2.75) is 18.9 Å². The Morgan fingerprint density at radius 3 is 2.61 bits per heavy atom. The second kappa shape index (κ2) is 7.21. The summed E-state index contributed by atoms with van der Waals surface area (Å²) in [4.78, 5) is 8.35. The molecule has 8 heteroatoms. The number of nitrogens with two attached hydrogens (primary N) is 1. The summed E-state index contributed by atoms with van der Waals surface area (Å²) in [7, 11) is 0. The van der Waals surface area contributed by atoms with Gasteiger partial charge in [-0.3, -0.25) is 0 Å². The van der Waals surface area contributed by atoms with Crippen molar-refractivity contribution < 1.29 is 4.74 Å². The monoisotopic (exact) mass is 353 g/mol. The third-order valence-corrected chi connectivity index (χ3v) is 3.97. The summed E-state index contributed by atoms with van der Waals surface area (Å²) in [6.07, 6.45) is 3.79. The normalized spacial score (nSPS) is 17.2. The van der Waals surface area contributed by atoms with E-state index in [0.717, 1.165) is 19.4 Å². The van der Waals surface area contributed by atoms with E-state index < -0.39 is 0 Å². The molecule has 4 N–H and O–H groups in total. The van der Waals surface area contributed by atoms with Gasteiger partial charge >= 0.3 is 0 Å². The maximum absolute atomic E-state index is 6.14. The molecule has 0 aliphatic carbocycles. The average molecular weight is 354 g/mol. The van der Waals surface area contributed by atoms with E-state index in [0.29, 0.717) is 39.6 Å². The Hall–Kier alpha value is -1.76. The molecule has 0 bridgehead atoms. The van der Waals surface area contributed by atoms with Crippen LogP contribution in [0.15, 0.2) is 24.5 Å². The first-order valence-corrected chi connectivity index (χ1v) is 8.06. The predicted molar refractivity (Wildman–Crippen MR) is 93.7 cm³/mol. The highest BCUT2D eigenvalue weighted by Crippen LogP contribution is 2.29. The molecule has 23 heavy (non-hydrogen) atoms. The Labute approximate surface area is 144 Å². The first kappa shape index (κ1) is 16.1. The van der Waals surface area contributed by atoms with Gasteiger partial charge in [0.25, 0.3) is 0 Å². The number of ether oxygens (including phenoxy) is 1. The zero-order chi connectivity index (χ0) is 16.2. The Morgan fingerprint density at radius 2 is 1.91 bits per heavy atom. The number of rotatable bonds is 5. The third-order valence-electron chi connectivity index (χ3n) is 3.53. The van der Waals surface area contributed by atoms with Gasteiger partial charge in [0.2, 0.25) is 0 Å². The topological polar surface area (TPSA) is 85.1 Å². The fourth-order valence-electron chi connectivity index (χ4n) is 2.41. The van der Waals surface area contributed by atoms with Gasteiger partial charge in [0.15, 0.2) is 11.6 Å². The lowest BCUT2D eigenvalue weighted by Gasteiger charge is -2.15.